The van der Waals surface area contributed by atoms with Crippen LogP contribution in [-0.4, -0.2) is 60.7 Å². The van der Waals surface area contributed by atoms with Crippen molar-refractivity contribution in [2.75, 3.05) is 37.9 Å². The van der Waals surface area contributed by atoms with Crippen LogP contribution in [0.3, 0.4) is 0 Å². The molecule has 0 aliphatic carbocycles. The third kappa shape index (κ3) is 9.61. The second-order valence-corrected chi connectivity index (χ2v) is 9.93. The van der Waals surface area contributed by atoms with E-state index in [-0.39, 0.29) is 35.3 Å². The minimum Gasteiger partial charge on any atom is -0.484 e. The van der Waals surface area contributed by atoms with Gasteiger partial charge in [0.25, 0.3) is 17.7 Å². The van der Waals surface area contributed by atoms with Crippen LogP contribution in [0.1, 0.15) is 58.9 Å². The van der Waals surface area contributed by atoms with Gasteiger partial charge in [-0.15, -0.1) is 0 Å². The maximum atomic E-state index is 13.2. The van der Waals surface area contributed by atoms with E-state index in [4.69, 9.17) is 21.7 Å². The highest BCUT2D eigenvalue weighted by molar-refractivity contribution is 6.30. The van der Waals surface area contributed by atoms with Crippen LogP contribution in [0.25, 0.3) is 0 Å². The average Bonchev–Trinajstić information content (AvgIpc) is 2.97. The summed E-state index contributed by atoms with van der Waals surface area (Å²) in [4.78, 5) is 44.2. The molecule has 10 nitrogen and oxygen atoms in total. The zero-order valence-electron chi connectivity index (χ0n) is 23.4. The van der Waals surface area contributed by atoms with Crippen LogP contribution < -0.4 is 20.7 Å². The molecule has 3 amide bonds. The number of carbonyl (C=O) groups is 3. The zero-order valence-corrected chi connectivity index (χ0v) is 24.2. The molecule has 0 aliphatic rings. The molecule has 0 spiro atoms. The molecule has 0 atom stereocenters. The van der Waals surface area contributed by atoms with E-state index in [0.29, 0.717) is 28.5 Å². The van der Waals surface area contributed by atoms with Crippen LogP contribution in [0.15, 0.2) is 60.8 Å². The predicted molar refractivity (Wildman–Crippen MR) is 161 cm³/mol. The van der Waals surface area contributed by atoms with E-state index in [1.165, 1.54) is 18.3 Å². The molecule has 0 aliphatic heterocycles. The highest BCUT2D eigenvalue weighted by atomic mass is 35.5. The van der Waals surface area contributed by atoms with E-state index in [2.05, 4.69) is 27.9 Å². The van der Waals surface area contributed by atoms with E-state index in [9.17, 15) is 14.4 Å². The number of aromatic nitrogens is 1. The molecule has 216 valence electrons. The van der Waals surface area contributed by atoms with Crippen molar-refractivity contribution in [2.24, 2.45) is 0 Å². The van der Waals surface area contributed by atoms with E-state index in [1.807, 2.05) is 0 Å². The van der Waals surface area contributed by atoms with Crippen molar-refractivity contribution in [2.45, 2.75) is 32.6 Å². The molecule has 3 aromatic rings. The van der Waals surface area contributed by atoms with Gasteiger partial charge < -0.3 is 25.6 Å². The molecular weight excluding hydrogens is 544 g/mol. The van der Waals surface area contributed by atoms with Crippen LogP contribution in [0.5, 0.6) is 5.75 Å². The molecule has 11 heteroatoms. The summed E-state index contributed by atoms with van der Waals surface area (Å²) in [6.07, 6.45) is 5.60. The second-order valence-electron chi connectivity index (χ2n) is 9.50. The Kier molecular flexibility index (Phi) is 11.7. The van der Waals surface area contributed by atoms with E-state index < -0.39 is 11.8 Å². The number of pyridine rings is 1. The lowest BCUT2D eigenvalue weighted by Crippen LogP contribution is -2.29. The Bertz CT molecular complexity index is 1360. The van der Waals surface area contributed by atoms with Gasteiger partial charge in [-0.05, 0) is 48.9 Å². The Morgan fingerprint density at radius 2 is 1.66 bits per heavy atom. The molecule has 0 fully saturated rings. The summed E-state index contributed by atoms with van der Waals surface area (Å²) in [7, 11) is 3.53. The van der Waals surface area contributed by atoms with Gasteiger partial charge in [0.15, 0.2) is 6.61 Å². The van der Waals surface area contributed by atoms with Crippen LogP contribution in [0, 0.1) is 5.41 Å². The average molecular weight is 579 g/mol. The van der Waals surface area contributed by atoms with Crippen molar-refractivity contribution >= 4 is 46.7 Å². The number of nitrogens with one attached hydrogen (secondary N) is 4. The molecule has 0 radical (unpaired) electrons. The summed E-state index contributed by atoms with van der Waals surface area (Å²) in [6.45, 7) is 2.49. The molecule has 1 heterocycles. The minimum absolute atomic E-state index is 0.110. The van der Waals surface area contributed by atoms with Gasteiger partial charge in [-0.25, -0.2) is 4.98 Å². The van der Waals surface area contributed by atoms with E-state index in [1.54, 1.807) is 61.5 Å². The Labute approximate surface area is 245 Å². The summed E-state index contributed by atoms with van der Waals surface area (Å²) < 4.78 is 5.64. The standard InChI is InChI=1S/C30H35ClN6O4/c1-4-5-6-7-16-33-27(38)19-41-23-13-14-25(24(17-23)30(40)36-26-15-12-22(31)18-34-26)35-29(39)21-10-8-20(9-11-21)28(32)37(2)3/h8-15,17-18,32H,4-7,16,19H2,1-3H3,(H,33,38)(H,35,39)(H,34,36,40). The van der Waals surface area contributed by atoms with Gasteiger partial charge in [-0.3, -0.25) is 19.8 Å². The minimum atomic E-state index is -0.546. The number of benzene rings is 2. The van der Waals surface area contributed by atoms with Crippen LogP contribution in [-0.2, 0) is 4.79 Å². The number of ether oxygens (including phenoxy) is 1. The monoisotopic (exact) mass is 578 g/mol. The molecule has 0 saturated carbocycles. The molecule has 0 bridgehead atoms. The predicted octanol–water partition coefficient (Wildman–Crippen LogP) is 5.20. The largest absolute Gasteiger partial charge is 0.484 e. The Morgan fingerprint density at radius 3 is 2.32 bits per heavy atom. The fraction of sp³-hybridized carbons (Fsp3) is 0.300. The lowest BCUT2D eigenvalue weighted by molar-refractivity contribution is -0.123. The SMILES string of the molecule is CCCCCCNC(=O)COc1ccc(NC(=O)c2ccc(C(=N)N(C)C)cc2)c(C(=O)Nc2ccc(Cl)cn2)c1. The molecule has 41 heavy (non-hydrogen) atoms. The number of amides is 3. The van der Waals surface area contributed by atoms with Crippen LogP contribution in [0.2, 0.25) is 5.02 Å². The van der Waals surface area contributed by atoms with Crippen molar-refractivity contribution in [1.82, 2.24) is 15.2 Å². The number of anilines is 2. The maximum Gasteiger partial charge on any atom is 0.259 e. The van der Waals surface area contributed by atoms with Gasteiger partial charge in [0.05, 0.1) is 16.3 Å². The Balaban J connectivity index is 1.75. The number of amidine groups is 1. The van der Waals surface area contributed by atoms with Crippen LogP contribution in [0.4, 0.5) is 11.5 Å². The number of hydrogen-bond donors (Lipinski definition) is 4. The third-order valence-corrected chi connectivity index (χ3v) is 6.27. The summed E-state index contributed by atoms with van der Waals surface area (Å²) in [5.41, 5.74) is 1.36. The van der Waals surface area contributed by atoms with Gasteiger partial charge in [0.2, 0.25) is 0 Å². The molecule has 0 unspecified atom stereocenters. The van der Waals surface area contributed by atoms with Gasteiger partial charge in [-0.2, -0.15) is 0 Å². The first-order chi connectivity index (χ1) is 19.7. The summed E-state index contributed by atoms with van der Waals surface area (Å²) >= 11 is 5.90. The topological polar surface area (TPSA) is 137 Å². The number of carbonyl (C=O) groups excluding carboxylic acids is 3. The molecule has 3 rings (SSSR count). The lowest BCUT2D eigenvalue weighted by atomic mass is 10.1. The number of unbranched alkanes of at least 4 members (excludes halogenated alkanes) is 3. The van der Waals surface area contributed by atoms with Crippen molar-refractivity contribution in [3.05, 3.63) is 82.5 Å². The number of halogens is 1. The van der Waals surface area contributed by atoms with E-state index in [0.717, 1.165) is 25.7 Å². The van der Waals surface area contributed by atoms with Gasteiger partial charge in [0.1, 0.15) is 17.4 Å². The number of nitrogens with zero attached hydrogens (tertiary/aromatic N) is 2. The highest BCUT2D eigenvalue weighted by Gasteiger charge is 2.18. The number of hydrogen-bond acceptors (Lipinski definition) is 6. The Hall–Kier alpha value is -4.44. The lowest BCUT2D eigenvalue weighted by Gasteiger charge is -2.15. The molecule has 4 N–H and O–H groups in total. The van der Waals surface area contributed by atoms with Gasteiger partial charge in [-0.1, -0.05) is 49.9 Å². The highest BCUT2D eigenvalue weighted by Crippen LogP contribution is 2.24. The molecule has 0 saturated heterocycles. The normalized spacial score (nSPS) is 10.4. The fourth-order valence-corrected chi connectivity index (χ4v) is 3.87. The molecule has 1 aromatic heterocycles. The fourth-order valence-electron chi connectivity index (χ4n) is 3.76. The summed E-state index contributed by atoms with van der Waals surface area (Å²) in [5, 5.41) is 16.8. The number of rotatable bonds is 13. The first kappa shape index (κ1) is 31.1. The Morgan fingerprint density at radius 1 is 0.927 bits per heavy atom. The van der Waals surface area contributed by atoms with Gasteiger partial charge >= 0.3 is 0 Å². The van der Waals surface area contributed by atoms with Gasteiger partial charge in [0, 0.05) is 38.0 Å². The zero-order chi connectivity index (χ0) is 29.8. The van der Waals surface area contributed by atoms with E-state index >= 15 is 0 Å². The first-order valence-corrected chi connectivity index (χ1v) is 13.7. The second kappa shape index (κ2) is 15.4. The molecule has 2 aromatic carbocycles. The van der Waals surface area contributed by atoms with Crippen molar-refractivity contribution in [1.29, 1.82) is 5.41 Å². The van der Waals surface area contributed by atoms with Crippen molar-refractivity contribution in [3.63, 3.8) is 0 Å². The van der Waals surface area contributed by atoms with Crippen LogP contribution >= 0.6 is 11.6 Å². The smallest absolute Gasteiger partial charge is 0.259 e. The summed E-state index contributed by atoms with van der Waals surface area (Å²) in [5.74, 6) is -0.388. The third-order valence-electron chi connectivity index (χ3n) is 6.04. The molecular formula is C30H35ClN6O4. The quantitative estimate of drug-likeness (QED) is 0.125. The maximum absolute atomic E-state index is 13.2. The summed E-state index contributed by atoms with van der Waals surface area (Å²) in [6, 6.07) is 14.3. The first-order valence-electron chi connectivity index (χ1n) is 13.3. The van der Waals surface area contributed by atoms with Crippen molar-refractivity contribution in [3.8, 4) is 5.75 Å². The van der Waals surface area contributed by atoms with Crippen molar-refractivity contribution < 1.29 is 19.1 Å².